The summed E-state index contributed by atoms with van der Waals surface area (Å²) in [5, 5.41) is 17.2. The smallest absolute Gasteiger partial charge is 0.322 e. The molecule has 1 aliphatic heterocycles. The molecule has 0 aliphatic carbocycles. The first-order valence-corrected chi connectivity index (χ1v) is 10.3. The highest BCUT2D eigenvalue weighted by Crippen LogP contribution is 2.39. The van der Waals surface area contributed by atoms with Crippen LogP contribution in [0.1, 0.15) is 24.4 Å². The van der Waals surface area contributed by atoms with Gasteiger partial charge in [-0.15, -0.1) is 6.58 Å². The first kappa shape index (κ1) is 22.8. The second-order valence-corrected chi connectivity index (χ2v) is 7.48. The van der Waals surface area contributed by atoms with Crippen molar-refractivity contribution in [3.05, 3.63) is 72.0 Å². The van der Waals surface area contributed by atoms with Gasteiger partial charge >= 0.3 is 6.03 Å². The predicted molar refractivity (Wildman–Crippen MR) is 122 cm³/mol. The number of allylic oxidation sites excluding steroid dienone is 1. The molecule has 1 unspecified atom stereocenters. The molecule has 9 nitrogen and oxygen atoms in total. The van der Waals surface area contributed by atoms with Gasteiger partial charge in [-0.3, -0.25) is 4.90 Å². The van der Waals surface area contributed by atoms with Crippen LogP contribution in [0.2, 0.25) is 0 Å². The highest BCUT2D eigenvalue weighted by Gasteiger charge is 2.35. The standard InChI is InChI=1S/C24H23FN4O5/c1-5-10-29-13(2)20(21(26-24(29)31)14-6-9-19(33-4)17(30)12-14)23-27-22(28-34-23)15-7-8-18(32-3)16(25)11-15/h5-9,11-12,21,30H,1,10H2,2-4H3,(H,26,31). The summed E-state index contributed by atoms with van der Waals surface area (Å²) in [5.41, 5.74) is 2.07. The first-order valence-electron chi connectivity index (χ1n) is 10.3. The van der Waals surface area contributed by atoms with Gasteiger partial charge in [0.2, 0.25) is 5.82 Å². The molecular weight excluding hydrogens is 443 g/mol. The lowest BCUT2D eigenvalue weighted by Crippen LogP contribution is -2.46. The number of aromatic nitrogens is 2. The SMILES string of the molecule is C=CCN1C(=O)NC(c2ccc(OC)c(O)c2)C(c2nc(-c3ccc(OC)c(F)c3)no2)=C1C. The van der Waals surface area contributed by atoms with Gasteiger partial charge in [-0.05, 0) is 42.8 Å². The zero-order valence-electron chi connectivity index (χ0n) is 18.8. The van der Waals surface area contributed by atoms with E-state index in [2.05, 4.69) is 22.0 Å². The fourth-order valence-electron chi connectivity index (χ4n) is 3.80. The van der Waals surface area contributed by atoms with E-state index in [1.165, 1.54) is 37.3 Å². The second-order valence-electron chi connectivity index (χ2n) is 7.48. The summed E-state index contributed by atoms with van der Waals surface area (Å²) in [5.74, 6) is 0.0528. The first-order chi connectivity index (χ1) is 16.4. The Morgan fingerprint density at radius 3 is 2.62 bits per heavy atom. The van der Waals surface area contributed by atoms with Crippen LogP contribution in [-0.4, -0.2) is 46.9 Å². The Morgan fingerprint density at radius 2 is 1.97 bits per heavy atom. The Bertz CT molecular complexity index is 1290. The Balaban J connectivity index is 1.81. The summed E-state index contributed by atoms with van der Waals surface area (Å²) in [6.07, 6.45) is 1.60. The lowest BCUT2D eigenvalue weighted by molar-refractivity contribution is 0.209. The molecule has 176 valence electrons. The molecular formula is C24H23FN4O5. The summed E-state index contributed by atoms with van der Waals surface area (Å²) in [6, 6.07) is 8.10. The number of aromatic hydroxyl groups is 1. The lowest BCUT2D eigenvalue weighted by Gasteiger charge is -2.34. The van der Waals surface area contributed by atoms with E-state index in [1.54, 1.807) is 31.2 Å². The van der Waals surface area contributed by atoms with Gasteiger partial charge < -0.3 is 24.4 Å². The maximum atomic E-state index is 14.2. The fraction of sp³-hybridized carbons (Fsp3) is 0.208. The van der Waals surface area contributed by atoms with Crippen molar-refractivity contribution in [3.63, 3.8) is 0 Å². The molecule has 1 aliphatic rings. The Hall–Kier alpha value is -4.34. The minimum absolute atomic E-state index is 0.0836. The molecule has 0 radical (unpaired) electrons. The number of urea groups is 1. The predicted octanol–water partition coefficient (Wildman–Crippen LogP) is 4.28. The number of carbonyl (C=O) groups is 1. The molecule has 0 fully saturated rings. The normalized spacial score (nSPS) is 15.8. The van der Waals surface area contributed by atoms with Crippen molar-refractivity contribution in [2.75, 3.05) is 20.8 Å². The number of ether oxygens (including phenoxy) is 2. The number of carbonyl (C=O) groups excluding carboxylic acids is 1. The van der Waals surface area contributed by atoms with Crippen LogP contribution in [0.5, 0.6) is 17.2 Å². The van der Waals surface area contributed by atoms with Gasteiger partial charge in [0.1, 0.15) is 0 Å². The summed E-state index contributed by atoms with van der Waals surface area (Å²) >= 11 is 0. The van der Waals surface area contributed by atoms with Gasteiger partial charge in [0.05, 0.1) is 25.8 Å². The molecule has 1 atom stereocenters. The summed E-state index contributed by atoms with van der Waals surface area (Å²) in [6.45, 7) is 5.72. The monoisotopic (exact) mass is 466 g/mol. The summed E-state index contributed by atoms with van der Waals surface area (Å²) in [7, 11) is 2.82. The molecule has 34 heavy (non-hydrogen) atoms. The molecule has 4 rings (SSSR count). The molecule has 0 saturated carbocycles. The number of hydrogen-bond donors (Lipinski definition) is 2. The van der Waals surface area contributed by atoms with Crippen LogP contribution in [-0.2, 0) is 0 Å². The second kappa shape index (κ2) is 9.26. The number of phenols is 1. The van der Waals surface area contributed by atoms with Crippen LogP contribution in [0, 0.1) is 5.82 Å². The van der Waals surface area contributed by atoms with Crippen molar-refractivity contribution in [1.82, 2.24) is 20.4 Å². The average Bonchev–Trinajstić information content (AvgIpc) is 3.31. The van der Waals surface area contributed by atoms with E-state index in [0.29, 0.717) is 28.1 Å². The van der Waals surface area contributed by atoms with Crippen molar-refractivity contribution in [3.8, 4) is 28.6 Å². The van der Waals surface area contributed by atoms with Crippen LogP contribution in [0.25, 0.3) is 17.0 Å². The van der Waals surface area contributed by atoms with E-state index >= 15 is 0 Å². The molecule has 1 aromatic heterocycles. The van der Waals surface area contributed by atoms with Crippen molar-refractivity contribution < 1.29 is 28.3 Å². The third kappa shape index (κ3) is 4.05. The van der Waals surface area contributed by atoms with E-state index in [9.17, 15) is 14.3 Å². The molecule has 2 amide bonds. The van der Waals surface area contributed by atoms with E-state index < -0.39 is 11.9 Å². The van der Waals surface area contributed by atoms with Crippen LogP contribution < -0.4 is 14.8 Å². The van der Waals surface area contributed by atoms with Crippen molar-refractivity contribution in [2.24, 2.45) is 0 Å². The zero-order chi connectivity index (χ0) is 24.4. The maximum absolute atomic E-state index is 14.2. The maximum Gasteiger partial charge on any atom is 0.322 e. The molecule has 3 aromatic rings. The Kier molecular flexibility index (Phi) is 6.22. The Labute approximate surface area is 195 Å². The van der Waals surface area contributed by atoms with E-state index in [0.717, 1.165) is 0 Å². The molecule has 10 heteroatoms. The molecule has 2 heterocycles. The molecule has 2 aromatic carbocycles. The van der Waals surface area contributed by atoms with Crippen molar-refractivity contribution in [2.45, 2.75) is 13.0 Å². The number of phenolic OH excluding ortho intramolecular Hbond substituents is 1. The topological polar surface area (TPSA) is 110 Å². The highest BCUT2D eigenvalue weighted by molar-refractivity contribution is 5.87. The number of hydrogen-bond acceptors (Lipinski definition) is 7. The molecule has 2 N–H and O–H groups in total. The number of nitrogens with zero attached hydrogens (tertiary/aromatic N) is 3. The van der Waals surface area contributed by atoms with Crippen LogP contribution in [0.4, 0.5) is 9.18 Å². The minimum Gasteiger partial charge on any atom is -0.504 e. The van der Waals surface area contributed by atoms with Crippen LogP contribution >= 0.6 is 0 Å². The summed E-state index contributed by atoms with van der Waals surface area (Å²) in [4.78, 5) is 18.8. The largest absolute Gasteiger partial charge is 0.504 e. The van der Waals surface area contributed by atoms with Crippen molar-refractivity contribution >= 4 is 11.6 Å². The van der Waals surface area contributed by atoms with E-state index in [4.69, 9.17) is 14.0 Å². The number of methoxy groups -OCH3 is 2. The van der Waals surface area contributed by atoms with Gasteiger partial charge in [-0.25, -0.2) is 9.18 Å². The lowest BCUT2D eigenvalue weighted by atomic mass is 9.94. The zero-order valence-corrected chi connectivity index (χ0v) is 18.8. The van der Waals surface area contributed by atoms with Crippen molar-refractivity contribution in [1.29, 1.82) is 0 Å². The number of benzene rings is 2. The van der Waals surface area contributed by atoms with Gasteiger partial charge in [0.25, 0.3) is 5.89 Å². The number of amides is 2. The highest BCUT2D eigenvalue weighted by atomic mass is 19.1. The molecule has 0 saturated heterocycles. The van der Waals surface area contributed by atoms with Crippen LogP contribution in [0.3, 0.4) is 0 Å². The molecule has 0 spiro atoms. The third-order valence-corrected chi connectivity index (χ3v) is 5.51. The average molecular weight is 466 g/mol. The minimum atomic E-state index is -0.703. The Morgan fingerprint density at radius 1 is 1.24 bits per heavy atom. The number of nitrogens with one attached hydrogen (secondary N) is 1. The third-order valence-electron chi connectivity index (χ3n) is 5.51. The number of rotatable bonds is 7. The van der Waals surface area contributed by atoms with E-state index in [-0.39, 0.29) is 35.8 Å². The van der Waals surface area contributed by atoms with Gasteiger partial charge in [0, 0.05) is 17.8 Å². The quantitative estimate of drug-likeness (QED) is 0.500. The van der Waals surface area contributed by atoms with E-state index in [1.807, 2.05) is 0 Å². The fourth-order valence-corrected chi connectivity index (χ4v) is 3.80. The van der Waals surface area contributed by atoms with Gasteiger partial charge in [-0.2, -0.15) is 4.98 Å². The van der Waals surface area contributed by atoms with Crippen LogP contribution in [0.15, 0.2) is 59.3 Å². The van der Waals surface area contributed by atoms with Gasteiger partial charge in [-0.1, -0.05) is 17.3 Å². The number of halogens is 1. The van der Waals surface area contributed by atoms with Gasteiger partial charge in [0.15, 0.2) is 23.1 Å². The summed E-state index contributed by atoms with van der Waals surface area (Å²) < 4.78 is 29.8. The molecule has 0 bridgehead atoms.